The molecule has 0 fully saturated rings. The van der Waals surface area contributed by atoms with E-state index in [1.54, 1.807) is 0 Å². The summed E-state index contributed by atoms with van der Waals surface area (Å²) >= 11 is 0. The van der Waals surface area contributed by atoms with Crippen molar-refractivity contribution in [2.45, 2.75) is 71.1 Å². The molecule has 0 atom stereocenters. The summed E-state index contributed by atoms with van der Waals surface area (Å²) in [6.07, 6.45) is 11.4. The fourth-order valence-electron chi connectivity index (χ4n) is 1.78. The van der Waals surface area contributed by atoms with E-state index in [1.165, 1.54) is 38.5 Å². The molecule has 138 valence electrons. The topological polar surface area (TPSA) is 66.8 Å². The summed E-state index contributed by atoms with van der Waals surface area (Å²) in [7, 11) is 2.00. The average Bonchev–Trinajstić information content (AvgIpc) is 2.55. The van der Waals surface area contributed by atoms with Crippen molar-refractivity contribution >= 4 is 5.97 Å². The van der Waals surface area contributed by atoms with Crippen molar-refractivity contribution in [2.24, 2.45) is 0 Å². The minimum atomic E-state index is -0.0894. The van der Waals surface area contributed by atoms with Crippen molar-refractivity contribution in [3.63, 3.8) is 0 Å². The number of rotatable bonds is 12. The Hall–Kier alpha value is -0.156. The van der Waals surface area contributed by atoms with Crippen molar-refractivity contribution < 1.29 is 41.5 Å². The molecule has 0 aliphatic rings. The predicted molar refractivity (Wildman–Crippen MR) is 93.6 cm³/mol. The molecule has 0 saturated carbocycles. The fraction of sp³-hybridized carbons (Fsp3) is 0.778. The van der Waals surface area contributed by atoms with E-state index in [-0.39, 0.29) is 27.7 Å². The van der Waals surface area contributed by atoms with Gasteiger partial charge in [0.1, 0.15) is 6.61 Å². The smallest absolute Gasteiger partial charge is 0.306 e. The first-order valence-electron chi connectivity index (χ1n) is 8.15. The number of hydrogen-bond acceptors (Lipinski definition) is 4. The zero-order valence-corrected chi connectivity index (χ0v) is 17.0. The number of ether oxygens (including phenoxy) is 1. The summed E-state index contributed by atoms with van der Waals surface area (Å²) in [6, 6.07) is 0. The van der Waals surface area contributed by atoms with Crippen LogP contribution in [0.15, 0.2) is 12.2 Å². The molecular weight excluding hydrogens is 328 g/mol. The normalized spacial score (nSPS) is 8.61. The molecule has 23 heavy (non-hydrogen) atoms. The van der Waals surface area contributed by atoms with Crippen LogP contribution in [0.2, 0.25) is 0 Å². The maximum atomic E-state index is 11.3. The van der Waals surface area contributed by atoms with Gasteiger partial charge in [-0.3, -0.25) is 4.79 Å². The van der Waals surface area contributed by atoms with E-state index in [4.69, 9.17) is 14.9 Å². The van der Waals surface area contributed by atoms with Crippen molar-refractivity contribution in [1.29, 1.82) is 0 Å². The van der Waals surface area contributed by atoms with Crippen molar-refractivity contribution in [1.82, 2.24) is 0 Å². The van der Waals surface area contributed by atoms with Gasteiger partial charge in [0.25, 0.3) is 0 Å². The summed E-state index contributed by atoms with van der Waals surface area (Å²) in [5, 5.41) is 14.0. The molecule has 0 unspecified atom stereocenters. The predicted octanol–water partition coefficient (Wildman–Crippen LogP) is 4.06. The van der Waals surface area contributed by atoms with Crippen LogP contribution in [0.4, 0.5) is 0 Å². The quantitative estimate of drug-likeness (QED) is 0.180. The second kappa shape index (κ2) is 29.8. The minimum Gasteiger partial charge on any atom is -0.461 e. The van der Waals surface area contributed by atoms with Crippen LogP contribution in [0.25, 0.3) is 0 Å². The Morgan fingerprint density at radius 1 is 0.913 bits per heavy atom. The molecule has 0 aromatic carbocycles. The third-order valence-electron chi connectivity index (χ3n) is 2.86. The second-order valence-corrected chi connectivity index (χ2v) is 5.05. The molecule has 0 radical (unpaired) electrons. The molecule has 0 aliphatic carbocycles. The van der Waals surface area contributed by atoms with Crippen LogP contribution in [0.3, 0.4) is 0 Å². The number of carbonyl (C=O) groups excluding carboxylic acids is 1. The monoisotopic (exact) mass is 365 g/mol. The van der Waals surface area contributed by atoms with Gasteiger partial charge in [-0.25, -0.2) is 0 Å². The Balaban J connectivity index is -0.000000332. The van der Waals surface area contributed by atoms with Crippen LogP contribution in [-0.2, 0) is 31.2 Å². The molecule has 0 rings (SSSR count). The number of aliphatic hydroxyl groups is 2. The number of aliphatic hydroxyl groups excluding tert-OH is 2. The van der Waals surface area contributed by atoms with Crippen molar-refractivity contribution in [3.8, 4) is 0 Å². The number of hydrogen-bond donors (Lipinski definition) is 2. The summed E-state index contributed by atoms with van der Waals surface area (Å²) < 4.78 is 5.03. The molecule has 0 aromatic heterocycles. The van der Waals surface area contributed by atoms with Gasteiger partial charge in [-0.15, -0.1) is 0 Å². The van der Waals surface area contributed by atoms with Gasteiger partial charge in [0.15, 0.2) is 0 Å². The molecule has 0 bridgehead atoms. The van der Waals surface area contributed by atoms with Crippen LogP contribution in [0.5, 0.6) is 0 Å². The SMILES string of the molecule is C=C(C)COC(=O)CCCCCCCCCC[CH2-].CO.CO.[Ti]. The summed E-state index contributed by atoms with van der Waals surface area (Å²) in [5.41, 5.74) is 0.894. The van der Waals surface area contributed by atoms with Crippen LogP contribution in [0, 0.1) is 6.92 Å². The maximum Gasteiger partial charge on any atom is 0.306 e. The van der Waals surface area contributed by atoms with E-state index in [9.17, 15) is 4.79 Å². The van der Waals surface area contributed by atoms with E-state index in [0.29, 0.717) is 13.0 Å². The molecular formula is C18H37O4Ti-. The third kappa shape index (κ3) is 34.3. The van der Waals surface area contributed by atoms with E-state index in [1.807, 2.05) is 6.92 Å². The Kier molecular flexibility index (Phi) is 39.8. The Morgan fingerprint density at radius 3 is 1.70 bits per heavy atom. The van der Waals surface area contributed by atoms with E-state index in [0.717, 1.165) is 39.1 Å². The molecule has 0 heterocycles. The second-order valence-electron chi connectivity index (χ2n) is 5.05. The van der Waals surface area contributed by atoms with Gasteiger partial charge in [-0.05, 0) is 18.9 Å². The number of unbranched alkanes of at least 4 members (excludes halogenated alkanes) is 8. The molecule has 0 saturated heterocycles. The summed E-state index contributed by atoms with van der Waals surface area (Å²) in [4.78, 5) is 11.3. The first-order chi connectivity index (χ1) is 10.7. The minimum absolute atomic E-state index is 0. The Bertz CT molecular complexity index is 233. The molecule has 4 nitrogen and oxygen atoms in total. The zero-order chi connectivity index (χ0) is 17.6. The van der Waals surface area contributed by atoms with Crippen molar-refractivity contribution in [3.05, 3.63) is 19.1 Å². The van der Waals surface area contributed by atoms with Gasteiger partial charge < -0.3 is 21.9 Å². The maximum absolute atomic E-state index is 11.3. The average molecular weight is 365 g/mol. The molecule has 2 N–H and O–H groups in total. The number of carbonyl (C=O) groups is 1. The Labute approximate surface area is 158 Å². The Morgan fingerprint density at radius 2 is 1.30 bits per heavy atom. The van der Waals surface area contributed by atoms with Crippen LogP contribution in [0.1, 0.15) is 71.1 Å². The first-order valence-corrected chi connectivity index (χ1v) is 8.15. The molecule has 0 amide bonds. The molecule has 5 heteroatoms. The van der Waals surface area contributed by atoms with Crippen LogP contribution >= 0.6 is 0 Å². The van der Waals surface area contributed by atoms with E-state index >= 15 is 0 Å². The molecule has 0 aromatic rings. The standard InChI is InChI=1S/C16H29O2.2CH4O.Ti/c1-4-5-6-7-8-9-10-11-12-13-16(17)18-14-15(2)3;2*1-2;/h1-2,4-14H2,3H3;2*2H,1H3;/q-1;;;. The van der Waals surface area contributed by atoms with Gasteiger partial charge in [-0.1, -0.05) is 51.5 Å². The van der Waals surface area contributed by atoms with Gasteiger partial charge in [0, 0.05) is 42.4 Å². The van der Waals surface area contributed by atoms with Gasteiger partial charge in [-0.2, -0.15) is 6.42 Å². The third-order valence-corrected chi connectivity index (χ3v) is 2.86. The largest absolute Gasteiger partial charge is 0.461 e. The first kappa shape index (κ1) is 30.7. The molecule has 0 spiro atoms. The van der Waals surface area contributed by atoms with Gasteiger partial charge in [0.05, 0.1) is 0 Å². The van der Waals surface area contributed by atoms with Gasteiger partial charge >= 0.3 is 5.97 Å². The zero-order valence-electron chi connectivity index (χ0n) is 15.4. The van der Waals surface area contributed by atoms with Crippen LogP contribution < -0.4 is 0 Å². The summed E-state index contributed by atoms with van der Waals surface area (Å²) in [5.74, 6) is -0.0894. The van der Waals surface area contributed by atoms with Crippen LogP contribution in [-0.4, -0.2) is 37.0 Å². The molecule has 0 aliphatic heterocycles. The van der Waals surface area contributed by atoms with E-state index < -0.39 is 0 Å². The summed E-state index contributed by atoms with van der Waals surface area (Å²) in [6.45, 7) is 9.76. The van der Waals surface area contributed by atoms with Gasteiger partial charge in [0.2, 0.25) is 0 Å². The fourth-order valence-corrected chi connectivity index (χ4v) is 1.78. The number of esters is 1. The van der Waals surface area contributed by atoms with E-state index in [2.05, 4.69) is 13.5 Å². The van der Waals surface area contributed by atoms with Crippen molar-refractivity contribution in [2.75, 3.05) is 20.8 Å².